The molecule has 3 rings (SSSR count). The maximum Gasteiger partial charge on any atom is 0.0367 e. The number of anilines is 1. The molecule has 0 amide bonds. The summed E-state index contributed by atoms with van der Waals surface area (Å²) in [6.07, 6.45) is 2.76. The topological polar surface area (TPSA) is 18.5 Å². The summed E-state index contributed by atoms with van der Waals surface area (Å²) in [7, 11) is 0. The molecule has 1 atom stereocenters. The van der Waals surface area contributed by atoms with Crippen LogP contribution in [0.5, 0.6) is 0 Å². The Morgan fingerprint density at radius 3 is 2.29 bits per heavy atom. The van der Waals surface area contributed by atoms with E-state index >= 15 is 0 Å². The molecule has 1 aromatic rings. The van der Waals surface area contributed by atoms with Gasteiger partial charge in [-0.2, -0.15) is 0 Å². The van der Waals surface area contributed by atoms with Gasteiger partial charge in [0.1, 0.15) is 0 Å². The third-order valence-electron chi connectivity index (χ3n) is 4.87. The van der Waals surface area contributed by atoms with Crippen LogP contribution in [0.2, 0.25) is 0 Å². The molecular weight excluding hydrogens is 258 g/mol. The second-order valence-electron chi connectivity index (χ2n) is 6.85. The normalized spacial score (nSPS) is 21.8. The van der Waals surface area contributed by atoms with E-state index in [4.69, 9.17) is 0 Å². The highest BCUT2D eigenvalue weighted by molar-refractivity contribution is 5.46. The average molecular weight is 287 g/mol. The maximum absolute atomic E-state index is 3.72. The summed E-state index contributed by atoms with van der Waals surface area (Å²) in [4.78, 5) is 5.21. The lowest BCUT2D eigenvalue weighted by Gasteiger charge is -2.42. The van der Waals surface area contributed by atoms with E-state index in [0.717, 1.165) is 31.6 Å². The summed E-state index contributed by atoms with van der Waals surface area (Å²) in [5, 5.41) is 3.72. The first kappa shape index (κ1) is 14.9. The van der Waals surface area contributed by atoms with E-state index in [1.807, 2.05) is 0 Å². The Bertz CT molecular complexity index is 419. The molecular formula is C18H29N3. The zero-order chi connectivity index (χ0) is 14.7. The summed E-state index contributed by atoms with van der Waals surface area (Å²) in [5.41, 5.74) is 1.37. The van der Waals surface area contributed by atoms with Crippen molar-refractivity contribution < 1.29 is 0 Å². The van der Waals surface area contributed by atoms with Crippen LogP contribution in [0, 0.1) is 5.92 Å². The van der Waals surface area contributed by atoms with Gasteiger partial charge in [-0.1, -0.05) is 32.0 Å². The van der Waals surface area contributed by atoms with Gasteiger partial charge in [-0.3, -0.25) is 4.90 Å². The van der Waals surface area contributed by atoms with Gasteiger partial charge in [-0.05, 0) is 30.9 Å². The lowest BCUT2D eigenvalue weighted by molar-refractivity contribution is 0.143. The van der Waals surface area contributed by atoms with Crippen molar-refractivity contribution in [1.82, 2.24) is 10.2 Å². The fourth-order valence-corrected chi connectivity index (χ4v) is 3.31. The van der Waals surface area contributed by atoms with Crippen molar-refractivity contribution in [2.75, 3.05) is 37.6 Å². The van der Waals surface area contributed by atoms with E-state index in [1.54, 1.807) is 0 Å². The first-order valence-corrected chi connectivity index (χ1v) is 8.51. The molecule has 3 heteroatoms. The Hall–Kier alpha value is -1.06. The molecule has 1 saturated heterocycles. The van der Waals surface area contributed by atoms with Crippen LogP contribution in [0.4, 0.5) is 5.69 Å². The molecule has 1 saturated carbocycles. The van der Waals surface area contributed by atoms with Gasteiger partial charge in [0.05, 0.1) is 0 Å². The standard InChI is InChI=1S/C18H29N3/c1-15(2)18(14-19-16-8-9-16)21-12-10-20(11-13-21)17-6-4-3-5-7-17/h3-7,15-16,18-19H,8-14H2,1-2H3. The molecule has 2 fully saturated rings. The average Bonchev–Trinajstić information content (AvgIpc) is 3.33. The Morgan fingerprint density at radius 2 is 1.71 bits per heavy atom. The van der Waals surface area contributed by atoms with Crippen molar-refractivity contribution in [2.24, 2.45) is 5.92 Å². The quantitative estimate of drug-likeness (QED) is 0.867. The third-order valence-corrected chi connectivity index (χ3v) is 4.87. The molecule has 0 spiro atoms. The molecule has 1 aliphatic carbocycles. The van der Waals surface area contributed by atoms with Crippen LogP contribution < -0.4 is 10.2 Å². The lowest BCUT2D eigenvalue weighted by atomic mass is 10.0. The van der Waals surface area contributed by atoms with Gasteiger partial charge in [-0.15, -0.1) is 0 Å². The Morgan fingerprint density at radius 1 is 1.05 bits per heavy atom. The van der Waals surface area contributed by atoms with Crippen LogP contribution in [0.15, 0.2) is 30.3 Å². The molecule has 0 radical (unpaired) electrons. The van der Waals surface area contributed by atoms with E-state index in [0.29, 0.717) is 6.04 Å². The number of rotatable bonds is 6. The zero-order valence-corrected chi connectivity index (χ0v) is 13.5. The minimum atomic E-state index is 0.684. The molecule has 3 nitrogen and oxygen atoms in total. The van der Waals surface area contributed by atoms with Gasteiger partial charge >= 0.3 is 0 Å². The minimum absolute atomic E-state index is 0.684. The van der Waals surface area contributed by atoms with Gasteiger partial charge in [0.15, 0.2) is 0 Å². The Kier molecular flexibility index (Phi) is 4.81. The largest absolute Gasteiger partial charge is 0.369 e. The van der Waals surface area contributed by atoms with E-state index in [1.165, 1.54) is 31.6 Å². The molecule has 21 heavy (non-hydrogen) atoms. The monoisotopic (exact) mass is 287 g/mol. The molecule has 1 unspecified atom stereocenters. The maximum atomic E-state index is 3.72. The zero-order valence-electron chi connectivity index (χ0n) is 13.5. The van der Waals surface area contributed by atoms with Crippen LogP contribution in [0.3, 0.4) is 0 Å². The molecule has 1 aromatic carbocycles. The van der Waals surface area contributed by atoms with Crippen LogP contribution in [0.25, 0.3) is 0 Å². The van der Waals surface area contributed by atoms with Gasteiger partial charge in [0, 0.05) is 50.5 Å². The summed E-state index contributed by atoms with van der Waals surface area (Å²) in [5.74, 6) is 0.722. The fourth-order valence-electron chi connectivity index (χ4n) is 3.31. The predicted molar refractivity (Wildman–Crippen MR) is 89.9 cm³/mol. The summed E-state index contributed by atoms with van der Waals surface area (Å²) in [6, 6.07) is 12.3. The molecule has 0 bridgehead atoms. The number of benzene rings is 1. The second-order valence-corrected chi connectivity index (χ2v) is 6.85. The molecule has 1 aliphatic heterocycles. The second kappa shape index (κ2) is 6.80. The number of piperazine rings is 1. The Balaban J connectivity index is 1.53. The first-order valence-electron chi connectivity index (χ1n) is 8.51. The lowest BCUT2D eigenvalue weighted by Crippen LogP contribution is -2.54. The van der Waals surface area contributed by atoms with Crippen molar-refractivity contribution in [3.63, 3.8) is 0 Å². The highest BCUT2D eigenvalue weighted by Crippen LogP contribution is 2.21. The number of nitrogens with one attached hydrogen (secondary N) is 1. The van der Waals surface area contributed by atoms with Gasteiger partial charge < -0.3 is 10.2 Å². The minimum Gasteiger partial charge on any atom is -0.369 e. The van der Waals surface area contributed by atoms with E-state index in [2.05, 4.69) is 59.3 Å². The number of nitrogens with zero attached hydrogens (tertiary/aromatic N) is 2. The van der Waals surface area contributed by atoms with Crippen molar-refractivity contribution in [2.45, 2.75) is 38.8 Å². The summed E-state index contributed by atoms with van der Waals surface area (Å²) >= 11 is 0. The molecule has 2 aliphatic rings. The van der Waals surface area contributed by atoms with Gasteiger partial charge in [0.2, 0.25) is 0 Å². The molecule has 1 heterocycles. The van der Waals surface area contributed by atoms with Crippen molar-refractivity contribution in [3.8, 4) is 0 Å². The van der Waals surface area contributed by atoms with Crippen LogP contribution in [-0.4, -0.2) is 49.7 Å². The summed E-state index contributed by atoms with van der Waals surface area (Å²) < 4.78 is 0. The molecule has 1 N–H and O–H groups in total. The van der Waals surface area contributed by atoms with Crippen LogP contribution in [0.1, 0.15) is 26.7 Å². The van der Waals surface area contributed by atoms with Gasteiger partial charge in [0.25, 0.3) is 0 Å². The number of hydrogen-bond acceptors (Lipinski definition) is 3. The van der Waals surface area contributed by atoms with Crippen molar-refractivity contribution in [1.29, 1.82) is 0 Å². The number of para-hydroxylation sites is 1. The number of hydrogen-bond donors (Lipinski definition) is 1. The smallest absolute Gasteiger partial charge is 0.0367 e. The van der Waals surface area contributed by atoms with E-state index < -0.39 is 0 Å². The molecule has 0 aromatic heterocycles. The highest BCUT2D eigenvalue weighted by Gasteiger charge is 2.28. The van der Waals surface area contributed by atoms with Crippen LogP contribution in [-0.2, 0) is 0 Å². The summed E-state index contributed by atoms with van der Waals surface area (Å²) in [6.45, 7) is 10.6. The first-order chi connectivity index (χ1) is 10.2. The van der Waals surface area contributed by atoms with E-state index in [-0.39, 0.29) is 0 Å². The Labute approximate surface area is 129 Å². The highest BCUT2D eigenvalue weighted by atomic mass is 15.3. The predicted octanol–water partition coefficient (Wildman–Crippen LogP) is 2.59. The molecule has 116 valence electrons. The van der Waals surface area contributed by atoms with Crippen LogP contribution >= 0.6 is 0 Å². The van der Waals surface area contributed by atoms with Gasteiger partial charge in [-0.25, -0.2) is 0 Å². The van der Waals surface area contributed by atoms with Crippen molar-refractivity contribution in [3.05, 3.63) is 30.3 Å². The van der Waals surface area contributed by atoms with E-state index in [9.17, 15) is 0 Å². The SMILES string of the molecule is CC(C)C(CNC1CC1)N1CCN(c2ccccc2)CC1. The fraction of sp³-hybridized carbons (Fsp3) is 0.667. The van der Waals surface area contributed by atoms with Crippen molar-refractivity contribution >= 4 is 5.69 Å². The third kappa shape index (κ3) is 3.98.